The van der Waals surface area contributed by atoms with Gasteiger partial charge in [0.2, 0.25) is 0 Å². The van der Waals surface area contributed by atoms with Gasteiger partial charge in [0.1, 0.15) is 25.0 Å². The third kappa shape index (κ3) is 6.41. The molecular weight excluding hydrogens is 592 g/mol. The third-order valence-electron chi connectivity index (χ3n) is 11.1. The summed E-state index contributed by atoms with van der Waals surface area (Å²) in [6, 6.07) is -2.16. The van der Waals surface area contributed by atoms with E-state index in [0.29, 0.717) is 19.1 Å². The maximum atomic E-state index is 13.7. The zero-order valence-electron chi connectivity index (χ0n) is 25.5. The van der Waals surface area contributed by atoms with E-state index in [4.69, 9.17) is 10.1 Å². The Morgan fingerprint density at radius 1 is 0.932 bits per heavy atom. The van der Waals surface area contributed by atoms with Crippen LogP contribution in [0, 0.1) is 29.1 Å². The zero-order chi connectivity index (χ0) is 31.6. The Kier molecular flexibility index (Phi) is 9.09. The molecule has 0 radical (unpaired) electrons. The minimum atomic E-state index is -4.46. The third-order valence-corrected chi connectivity index (χ3v) is 11.1. The molecule has 16 heteroatoms. The second kappa shape index (κ2) is 12.3. The normalized spacial score (nSPS) is 41.7. The second-order valence-corrected chi connectivity index (χ2v) is 13.8. The first kappa shape index (κ1) is 32.5. The number of methoxy groups -OCH3 is 1. The highest BCUT2D eigenvalue weighted by Gasteiger charge is 2.55. The van der Waals surface area contributed by atoms with Crippen molar-refractivity contribution in [3.63, 3.8) is 0 Å². The van der Waals surface area contributed by atoms with Gasteiger partial charge in [-0.05, 0) is 70.3 Å². The SMILES string of the molecule is COC1NCNC(C2CC2)C1C1NCC2C(N1)N([C@H](C)C1CCC(C3NC(C(F)(F)F)CN3C)CC1)C(=N)N2CC(F)(F)F. The summed E-state index contributed by atoms with van der Waals surface area (Å²) in [5.41, 5.74) is 0. The van der Waals surface area contributed by atoms with E-state index in [2.05, 4.69) is 26.6 Å². The van der Waals surface area contributed by atoms with Crippen LogP contribution in [0.1, 0.15) is 45.4 Å². The summed E-state index contributed by atoms with van der Waals surface area (Å²) in [5.74, 6) is 0.532. The number of guanidine groups is 1. The van der Waals surface area contributed by atoms with Crippen LogP contribution < -0.4 is 26.6 Å². The van der Waals surface area contributed by atoms with Crippen molar-refractivity contribution >= 4 is 5.96 Å². The van der Waals surface area contributed by atoms with Crippen LogP contribution in [-0.4, -0.2) is 122 Å². The predicted molar refractivity (Wildman–Crippen MR) is 151 cm³/mol. The van der Waals surface area contributed by atoms with Gasteiger partial charge in [-0.1, -0.05) is 0 Å². The van der Waals surface area contributed by atoms with Crippen LogP contribution in [0.15, 0.2) is 0 Å². The lowest BCUT2D eigenvalue weighted by molar-refractivity contribution is -0.150. The van der Waals surface area contributed by atoms with Crippen LogP contribution in [0.5, 0.6) is 0 Å². The van der Waals surface area contributed by atoms with Crippen molar-refractivity contribution in [1.29, 1.82) is 5.41 Å². The molecule has 9 atom stereocenters. The fourth-order valence-electron chi connectivity index (χ4n) is 8.72. The van der Waals surface area contributed by atoms with Gasteiger partial charge in [0.25, 0.3) is 0 Å². The number of halogens is 6. The number of nitrogens with zero attached hydrogens (tertiary/aromatic N) is 3. The lowest BCUT2D eigenvalue weighted by atomic mass is 9.77. The summed E-state index contributed by atoms with van der Waals surface area (Å²) in [6.45, 7) is 1.62. The van der Waals surface area contributed by atoms with Crippen molar-refractivity contribution in [3.05, 3.63) is 0 Å². The molecule has 0 amide bonds. The van der Waals surface area contributed by atoms with Gasteiger partial charge in [-0.2, -0.15) is 26.3 Å². The monoisotopic (exact) mass is 639 g/mol. The Morgan fingerprint density at radius 2 is 1.61 bits per heavy atom. The van der Waals surface area contributed by atoms with E-state index in [-0.39, 0.29) is 60.9 Å². The molecule has 6 fully saturated rings. The Morgan fingerprint density at radius 3 is 2.20 bits per heavy atom. The molecule has 0 aromatic rings. The summed E-state index contributed by atoms with van der Waals surface area (Å²) in [5, 5.41) is 25.8. The van der Waals surface area contributed by atoms with Gasteiger partial charge in [0.05, 0.1) is 18.4 Å². The molecule has 2 aliphatic carbocycles. The standard InChI is InChI=1S/C28H47F6N9O/c1-14(15-4-8-17(9-5-15)23-39-19(11-41(23)2)28(32,33)34)43-24-18(42(26(43)35)12-27(29,30)31)10-36-22(40-24)20-21(16-6-7-16)37-13-38-25(20)44-3/h14-25,35-40H,4-13H2,1-3H3/t14-,15?,17?,18?,19?,20?,21?,22?,23?,24?,25?/m1/s1. The molecule has 0 aromatic heterocycles. The first-order chi connectivity index (χ1) is 20.8. The number of alkyl halides is 6. The molecule has 44 heavy (non-hydrogen) atoms. The van der Waals surface area contributed by atoms with Crippen molar-refractivity contribution in [2.24, 2.45) is 23.7 Å². The fourth-order valence-corrected chi connectivity index (χ4v) is 8.72. The summed E-state index contributed by atoms with van der Waals surface area (Å²) >= 11 is 0. The fraction of sp³-hybridized carbons (Fsp3) is 0.964. The van der Waals surface area contributed by atoms with Crippen molar-refractivity contribution in [1.82, 2.24) is 41.3 Å². The molecule has 6 aliphatic rings. The van der Waals surface area contributed by atoms with E-state index >= 15 is 0 Å². The predicted octanol–water partition coefficient (Wildman–Crippen LogP) is 1.82. The highest BCUT2D eigenvalue weighted by molar-refractivity contribution is 5.81. The maximum Gasteiger partial charge on any atom is 0.406 e. The molecule has 0 bridgehead atoms. The lowest BCUT2D eigenvalue weighted by Crippen LogP contribution is -2.73. The molecule has 4 saturated heterocycles. The second-order valence-electron chi connectivity index (χ2n) is 13.8. The minimum Gasteiger partial charge on any atom is -0.366 e. The van der Waals surface area contributed by atoms with Gasteiger partial charge >= 0.3 is 12.4 Å². The van der Waals surface area contributed by atoms with Gasteiger partial charge in [0.15, 0.2) is 5.96 Å². The van der Waals surface area contributed by atoms with E-state index in [1.165, 1.54) is 4.90 Å². The molecule has 2 saturated carbocycles. The van der Waals surface area contributed by atoms with Crippen LogP contribution >= 0.6 is 0 Å². The maximum absolute atomic E-state index is 13.7. The minimum absolute atomic E-state index is 0.0166. The van der Waals surface area contributed by atoms with Crippen LogP contribution in [0.25, 0.3) is 0 Å². The van der Waals surface area contributed by atoms with Gasteiger partial charge in [-0.15, -0.1) is 0 Å². The largest absolute Gasteiger partial charge is 0.406 e. The molecular formula is C28H47F6N9O. The number of rotatable bonds is 7. The average Bonchev–Trinajstić information content (AvgIpc) is 3.69. The van der Waals surface area contributed by atoms with E-state index in [1.54, 1.807) is 19.1 Å². The highest BCUT2D eigenvalue weighted by Crippen LogP contribution is 2.42. The Labute approximate surface area is 254 Å². The van der Waals surface area contributed by atoms with Gasteiger partial charge in [-0.3, -0.25) is 31.6 Å². The van der Waals surface area contributed by atoms with Gasteiger partial charge in [0, 0.05) is 44.9 Å². The summed E-state index contributed by atoms with van der Waals surface area (Å²) in [6.07, 6.45) is -4.93. The molecule has 4 aliphatic heterocycles. The number of nitrogens with one attached hydrogen (secondary N) is 6. The van der Waals surface area contributed by atoms with Crippen LogP contribution in [0.3, 0.4) is 0 Å². The molecule has 6 rings (SSSR count). The molecule has 6 N–H and O–H groups in total. The van der Waals surface area contributed by atoms with Crippen LogP contribution in [0.2, 0.25) is 0 Å². The zero-order valence-corrected chi connectivity index (χ0v) is 25.5. The Balaban J connectivity index is 1.17. The van der Waals surface area contributed by atoms with Crippen LogP contribution in [0.4, 0.5) is 26.3 Å². The Bertz CT molecular complexity index is 1020. The van der Waals surface area contributed by atoms with Crippen molar-refractivity contribution < 1.29 is 31.1 Å². The first-order valence-electron chi connectivity index (χ1n) is 16.0. The number of hydrogen-bond donors (Lipinski definition) is 6. The topological polar surface area (TPSA) is 103 Å². The highest BCUT2D eigenvalue weighted by atomic mass is 19.4. The van der Waals surface area contributed by atoms with E-state index in [0.717, 1.165) is 38.5 Å². The summed E-state index contributed by atoms with van der Waals surface area (Å²) < 4.78 is 87.1. The molecule has 8 unspecified atom stereocenters. The van der Waals surface area contributed by atoms with Crippen LogP contribution in [-0.2, 0) is 4.74 Å². The average molecular weight is 640 g/mol. The van der Waals surface area contributed by atoms with Gasteiger partial charge in [-0.25, -0.2) is 0 Å². The van der Waals surface area contributed by atoms with E-state index in [1.807, 2.05) is 11.8 Å². The number of ether oxygens (including phenoxy) is 1. The number of likely N-dealkylation sites (N-methyl/N-ethyl adjacent to an activating group) is 1. The summed E-state index contributed by atoms with van der Waals surface area (Å²) in [7, 11) is 3.38. The van der Waals surface area contributed by atoms with Gasteiger partial charge < -0.3 is 19.9 Å². The molecule has 4 heterocycles. The molecule has 0 spiro atoms. The van der Waals surface area contributed by atoms with Crippen molar-refractivity contribution in [2.75, 3.05) is 40.5 Å². The molecule has 0 aromatic carbocycles. The van der Waals surface area contributed by atoms with E-state index in [9.17, 15) is 26.3 Å². The quantitative estimate of drug-likeness (QED) is 0.233. The summed E-state index contributed by atoms with van der Waals surface area (Å²) in [4.78, 5) is 4.76. The first-order valence-corrected chi connectivity index (χ1v) is 16.0. The molecule has 252 valence electrons. The number of hydrogen-bond acceptors (Lipinski definition) is 8. The van der Waals surface area contributed by atoms with Crippen molar-refractivity contribution in [2.45, 2.75) is 107 Å². The number of fused-ring (bicyclic) bond motifs is 1. The lowest BCUT2D eigenvalue weighted by Gasteiger charge is -2.49. The van der Waals surface area contributed by atoms with E-state index < -0.39 is 37.1 Å². The van der Waals surface area contributed by atoms with Crippen molar-refractivity contribution in [3.8, 4) is 0 Å². The Hall–Kier alpha value is -1.43. The smallest absolute Gasteiger partial charge is 0.366 e. The molecule has 10 nitrogen and oxygen atoms in total.